The molecule has 1 N–H and O–H groups in total. The molecule has 2 unspecified atom stereocenters. The van der Waals surface area contributed by atoms with E-state index in [1.54, 1.807) is 0 Å². The summed E-state index contributed by atoms with van der Waals surface area (Å²) in [6.45, 7) is 3.35. The molecule has 128 valence electrons. The van der Waals surface area contributed by atoms with E-state index >= 15 is 0 Å². The van der Waals surface area contributed by atoms with Crippen LogP contribution in [0.2, 0.25) is 0 Å². The van der Waals surface area contributed by atoms with Crippen LogP contribution in [0.5, 0.6) is 0 Å². The molecule has 0 spiro atoms. The van der Waals surface area contributed by atoms with E-state index in [0.29, 0.717) is 12.6 Å². The maximum Gasteiger partial charge on any atom is 0.0794 e. The molecule has 0 bridgehead atoms. The van der Waals surface area contributed by atoms with Gasteiger partial charge >= 0.3 is 0 Å². The Labute approximate surface area is 144 Å². The zero-order valence-corrected chi connectivity index (χ0v) is 14.4. The number of nitrogens with zero attached hydrogens (tertiary/aromatic N) is 3. The topological polar surface area (TPSA) is 39.6 Å². The van der Waals surface area contributed by atoms with Crippen molar-refractivity contribution in [3.8, 4) is 0 Å². The highest BCUT2D eigenvalue weighted by molar-refractivity contribution is 5.16. The van der Waals surface area contributed by atoms with Gasteiger partial charge in [-0.05, 0) is 49.7 Å². The molecule has 4 nitrogen and oxygen atoms in total. The summed E-state index contributed by atoms with van der Waals surface area (Å²) in [5.74, 6) is 0. The van der Waals surface area contributed by atoms with Crippen molar-refractivity contribution in [1.82, 2.24) is 14.8 Å². The van der Waals surface area contributed by atoms with Crippen molar-refractivity contribution in [3.05, 3.63) is 66.0 Å². The summed E-state index contributed by atoms with van der Waals surface area (Å²) in [6.07, 6.45) is 5.74. The molecule has 4 heteroatoms. The van der Waals surface area contributed by atoms with Gasteiger partial charge in [-0.25, -0.2) is 0 Å². The first-order valence-corrected chi connectivity index (χ1v) is 8.77. The number of likely N-dealkylation sites (N-methyl/N-ethyl adjacent to an activating group) is 1. The smallest absolute Gasteiger partial charge is 0.0794 e. The van der Waals surface area contributed by atoms with Gasteiger partial charge < -0.3 is 5.11 Å². The third-order valence-corrected chi connectivity index (χ3v) is 4.72. The largest absolute Gasteiger partial charge is 0.390 e. The monoisotopic (exact) mass is 325 g/mol. The number of aliphatic hydroxyl groups excluding tert-OH is 1. The molecule has 24 heavy (non-hydrogen) atoms. The third-order valence-electron chi connectivity index (χ3n) is 4.72. The van der Waals surface area contributed by atoms with Crippen LogP contribution in [0, 0.1) is 0 Å². The van der Waals surface area contributed by atoms with Gasteiger partial charge in [0.1, 0.15) is 0 Å². The normalized spacial score (nSPS) is 19.7. The van der Waals surface area contributed by atoms with Gasteiger partial charge in [-0.15, -0.1) is 0 Å². The molecular weight excluding hydrogens is 298 g/mol. The lowest BCUT2D eigenvalue weighted by Crippen LogP contribution is -2.38. The van der Waals surface area contributed by atoms with E-state index in [0.717, 1.165) is 26.1 Å². The minimum absolute atomic E-state index is 0.332. The summed E-state index contributed by atoms with van der Waals surface area (Å²) in [6, 6.07) is 15.0. The van der Waals surface area contributed by atoms with Gasteiger partial charge in [0.05, 0.1) is 6.10 Å². The van der Waals surface area contributed by atoms with Crippen molar-refractivity contribution >= 4 is 0 Å². The van der Waals surface area contributed by atoms with Gasteiger partial charge in [0, 0.05) is 38.1 Å². The number of hydrogen-bond donors (Lipinski definition) is 1. The molecule has 0 amide bonds. The minimum Gasteiger partial charge on any atom is -0.390 e. The summed E-state index contributed by atoms with van der Waals surface area (Å²) in [7, 11) is 2.07. The molecule has 1 aliphatic rings. The summed E-state index contributed by atoms with van der Waals surface area (Å²) < 4.78 is 0. The molecule has 1 aromatic heterocycles. The van der Waals surface area contributed by atoms with Crippen molar-refractivity contribution in [2.75, 3.05) is 26.7 Å². The summed E-state index contributed by atoms with van der Waals surface area (Å²) in [5, 5.41) is 10.5. The molecular formula is C20H27N3O. The second-order valence-electron chi connectivity index (χ2n) is 6.77. The molecule has 0 saturated carbocycles. The maximum atomic E-state index is 10.5. The number of hydrogen-bond acceptors (Lipinski definition) is 4. The Bertz CT molecular complexity index is 605. The van der Waals surface area contributed by atoms with Crippen LogP contribution < -0.4 is 0 Å². The van der Waals surface area contributed by atoms with Crippen molar-refractivity contribution in [3.63, 3.8) is 0 Å². The minimum atomic E-state index is -0.332. The number of likely N-dealkylation sites (tertiary alicyclic amines) is 1. The molecule has 2 heterocycles. The first kappa shape index (κ1) is 17.1. The highest BCUT2D eigenvalue weighted by Crippen LogP contribution is 2.31. The quantitative estimate of drug-likeness (QED) is 0.850. The molecule has 0 aliphatic carbocycles. The lowest BCUT2D eigenvalue weighted by atomic mass is 10.1. The number of β-amino-alcohol motifs (C(OH)–C–C–N with tert-alkyl or cyclic N) is 1. The molecule has 1 fully saturated rings. The summed E-state index contributed by atoms with van der Waals surface area (Å²) in [5.41, 5.74) is 2.59. The molecule has 1 aliphatic heterocycles. The van der Waals surface area contributed by atoms with Crippen molar-refractivity contribution in [2.24, 2.45) is 0 Å². The van der Waals surface area contributed by atoms with Crippen molar-refractivity contribution < 1.29 is 5.11 Å². The molecule has 3 rings (SSSR count). The fraction of sp³-hybridized carbons (Fsp3) is 0.450. The van der Waals surface area contributed by atoms with Gasteiger partial charge in [-0.1, -0.05) is 30.3 Å². The van der Waals surface area contributed by atoms with Crippen LogP contribution in [-0.4, -0.2) is 52.7 Å². The van der Waals surface area contributed by atoms with E-state index in [1.807, 2.05) is 18.5 Å². The van der Waals surface area contributed by atoms with E-state index in [1.165, 1.54) is 17.5 Å². The third kappa shape index (κ3) is 4.63. The van der Waals surface area contributed by atoms with E-state index in [9.17, 15) is 5.11 Å². The molecule has 2 atom stereocenters. The summed E-state index contributed by atoms with van der Waals surface area (Å²) in [4.78, 5) is 8.71. The number of pyridine rings is 1. The van der Waals surface area contributed by atoms with Crippen LogP contribution in [0.25, 0.3) is 0 Å². The lowest BCUT2D eigenvalue weighted by molar-refractivity contribution is 0.0750. The van der Waals surface area contributed by atoms with Crippen LogP contribution in [0.15, 0.2) is 54.9 Å². The lowest BCUT2D eigenvalue weighted by Gasteiger charge is -2.29. The van der Waals surface area contributed by atoms with Crippen LogP contribution in [0.4, 0.5) is 0 Å². The first-order valence-electron chi connectivity index (χ1n) is 8.77. The Hall–Kier alpha value is -1.75. The Morgan fingerprint density at radius 2 is 1.96 bits per heavy atom. The zero-order valence-electron chi connectivity index (χ0n) is 14.4. The number of aliphatic hydroxyl groups is 1. The van der Waals surface area contributed by atoms with E-state index in [2.05, 4.69) is 58.2 Å². The van der Waals surface area contributed by atoms with Gasteiger partial charge in [0.25, 0.3) is 0 Å². The Morgan fingerprint density at radius 3 is 2.71 bits per heavy atom. The second kappa shape index (κ2) is 8.38. The number of aromatic nitrogens is 1. The van der Waals surface area contributed by atoms with Gasteiger partial charge in [-0.3, -0.25) is 14.8 Å². The SMILES string of the molecule is CN(Cc1ccccc1)CC(O)CN1CCCC1c1ccncc1. The van der Waals surface area contributed by atoms with Crippen molar-refractivity contribution in [1.29, 1.82) is 0 Å². The standard InChI is InChI=1S/C20H27N3O/c1-22(14-17-6-3-2-4-7-17)15-19(24)16-23-13-5-8-20(23)18-9-11-21-12-10-18/h2-4,6-7,9-12,19-20,24H,5,8,13-16H2,1H3. The molecule has 1 aromatic carbocycles. The Morgan fingerprint density at radius 1 is 1.21 bits per heavy atom. The average molecular weight is 325 g/mol. The Balaban J connectivity index is 1.51. The average Bonchev–Trinajstić information content (AvgIpc) is 3.04. The number of rotatable bonds is 7. The zero-order chi connectivity index (χ0) is 16.8. The van der Waals surface area contributed by atoms with Crippen molar-refractivity contribution in [2.45, 2.75) is 31.5 Å². The predicted octanol–water partition coefficient (Wildman–Crippen LogP) is 2.71. The van der Waals surface area contributed by atoms with Crippen LogP contribution in [0.1, 0.15) is 30.0 Å². The fourth-order valence-electron chi connectivity index (χ4n) is 3.66. The Kier molecular flexibility index (Phi) is 5.96. The highest BCUT2D eigenvalue weighted by atomic mass is 16.3. The van der Waals surface area contributed by atoms with Crippen LogP contribution in [0.3, 0.4) is 0 Å². The van der Waals surface area contributed by atoms with Crippen LogP contribution in [-0.2, 0) is 6.54 Å². The van der Waals surface area contributed by atoms with Crippen LogP contribution >= 0.6 is 0 Å². The predicted molar refractivity (Wildman–Crippen MR) is 96.6 cm³/mol. The second-order valence-corrected chi connectivity index (χ2v) is 6.77. The van der Waals surface area contributed by atoms with E-state index in [4.69, 9.17) is 0 Å². The van der Waals surface area contributed by atoms with Gasteiger partial charge in [0.2, 0.25) is 0 Å². The maximum absolute atomic E-state index is 10.5. The van der Waals surface area contributed by atoms with E-state index in [-0.39, 0.29) is 6.10 Å². The molecule has 0 radical (unpaired) electrons. The first-order chi connectivity index (χ1) is 11.7. The highest BCUT2D eigenvalue weighted by Gasteiger charge is 2.27. The molecule has 1 saturated heterocycles. The molecule has 2 aromatic rings. The number of benzene rings is 1. The summed E-state index contributed by atoms with van der Waals surface area (Å²) >= 11 is 0. The van der Waals surface area contributed by atoms with E-state index < -0.39 is 0 Å². The fourth-order valence-corrected chi connectivity index (χ4v) is 3.66. The van der Waals surface area contributed by atoms with Gasteiger partial charge in [-0.2, -0.15) is 0 Å². The van der Waals surface area contributed by atoms with Gasteiger partial charge in [0.15, 0.2) is 0 Å².